The van der Waals surface area contributed by atoms with E-state index in [1.165, 1.54) is 6.92 Å². The van der Waals surface area contributed by atoms with E-state index in [0.717, 1.165) is 13.8 Å². The quantitative estimate of drug-likeness (QED) is 0.0293. The van der Waals surface area contributed by atoms with Gasteiger partial charge in [0.25, 0.3) is 5.28 Å². The number of carbonyl (C=O) groups excluding carboxylic acids is 1. The number of rotatable bonds is 18. The molecular weight excluding hydrogens is 817 g/mol. The Morgan fingerprint density at radius 3 is 1.77 bits per heavy atom. The first-order valence-electron chi connectivity index (χ1n) is 16.7. The summed E-state index contributed by atoms with van der Waals surface area (Å²) in [7, 11) is -8.47. The summed E-state index contributed by atoms with van der Waals surface area (Å²) in [4.78, 5) is 93.1. The van der Waals surface area contributed by atoms with Crippen LogP contribution >= 0.6 is 24.1 Å². The van der Waals surface area contributed by atoms with Crippen LogP contribution in [0.25, 0.3) is 0 Å². The van der Waals surface area contributed by atoms with Gasteiger partial charge in [-0.15, -0.1) is 0 Å². The molecule has 0 aromatic rings. The van der Waals surface area contributed by atoms with Gasteiger partial charge in [-0.2, -0.15) is 9.20 Å². The highest BCUT2D eigenvalue weighted by Gasteiger charge is 2.62. The van der Waals surface area contributed by atoms with Crippen LogP contribution in [0.15, 0.2) is 0 Å². The van der Waals surface area contributed by atoms with E-state index in [0.29, 0.717) is 32.1 Å². The topological polar surface area (TPSA) is 454 Å². The summed E-state index contributed by atoms with van der Waals surface area (Å²) in [6.07, 6.45) is 2.78. The molecular formula is C29H58N4O20P3+. The molecule has 328 valence electrons. The smallest absolute Gasteiger partial charge is 0.369 e. The van der Waals surface area contributed by atoms with Gasteiger partial charge in [-0.1, -0.05) is 18.4 Å². The Kier molecular flexibility index (Phi) is 22.6. The first-order chi connectivity index (χ1) is 25.2. The van der Waals surface area contributed by atoms with E-state index in [-0.39, 0.29) is 52.9 Å². The lowest BCUT2D eigenvalue weighted by Crippen LogP contribution is -2.66. The molecule has 2 fully saturated rings. The van der Waals surface area contributed by atoms with E-state index in [2.05, 4.69) is 9.71 Å². The molecule has 10 unspecified atom stereocenters. The molecule has 0 spiro atoms. The van der Waals surface area contributed by atoms with Crippen molar-refractivity contribution in [3.63, 3.8) is 0 Å². The maximum atomic E-state index is 11.4. The molecule has 0 aromatic carbocycles. The third kappa shape index (κ3) is 14.5. The molecule has 0 bridgehead atoms. The van der Waals surface area contributed by atoms with Gasteiger partial charge >= 0.3 is 51.2 Å². The van der Waals surface area contributed by atoms with E-state index < -0.39 is 84.1 Å². The van der Waals surface area contributed by atoms with Gasteiger partial charge in [-0.05, 0) is 65.7 Å². The van der Waals surface area contributed by atoms with E-state index in [1.54, 1.807) is 13.8 Å². The van der Waals surface area contributed by atoms with Gasteiger partial charge < -0.3 is 57.6 Å². The van der Waals surface area contributed by atoms with Crippen molar-refractivity contribution in [2.24, 2.45) is 40.2 Å². The van der Waals surface area contributed by atoms with E-state index in [1.807, 2.05) is 0 Å². The van der Waals surface area contributed by atoms with Gasteiger partial charge in [-0.25, -0.2) is 14.9 Å². The maximum absolute atomic E-state index is 11.4. The van der Waals surface area contributed by atoms with Crippen LogP contribution in [-0.2, 0) is 47.6 Å². The Balaban J connectivity index is 0. The Bertz CT molecular complexity index is 1400. The normalized spacial score (nSPS) is 26.8. The van der Waals surface area contributed by atoms with Crippen molar-refractivity contribution in [3.05, 3.63) is 0 Å². The summed E-state index contributed by atoms with van der Waals surface area (Å²) in [5.74, 6) is -8.12. The minimum atomic E-state index is -4.55. The number of hydrogen-bond acceptors (Lipinski definition) is 17. The van der Waals surface area contributed by atoms with Crippen LogP contribution < -0.4 is 22.9 Å². The zero-order valence-corrected chi connectivity index (χ0v) is 34.4. The predicted octanol–water partition coefficient (Wildman–Crippen LogP) is 0.488. The van der Waals surface area contributed by atoms with Crippen molar-refractivity contribution in [1.82, 2.24) is 0 Å². The van der Waals surface area contributed by atoms with Crippen LogP contribution in [0.1, 0.15) is 92.4 Å². The SMILES string of the molecule is CC(N)(C(=O)O)C1(O)CCCC1C(=O)O.CC(N)(C(=O)O)[P+](O)(C=O)OCCCCC(=O)O.CC(N)POOO.CC1(C(C)(N)P(=O)(O)O)CCCC1C(=O)O. The lowest BCUT2D eigenvalue weighted by Gasteiger charge is -2.43. The molecule has 2 aliphatic carbocycles. The summed E-state index contributed by atoms with van der Waals surface area (Å²) >= 11 is 0. The second-order valence-corrected chi connectivity index (χ2v) is 20.0. The van der Waals surface area contributed by atoms with Gasteiger partial charge in [0, 0.05) is 24.5 Å². The molecule has 0 saturated heterocycles. The molecule has 2 rings (SSSR count). The van der Waals surface area contributed by atoms with Crippen molar-refractivity contribution < 1.29 is 98.1 Å². The van der Waals surface area contributed by atoms with E-state index >= 15 is 0 Å². The summed E-state index contributed by atoms with van der Waals surface area (Å²) < 4.78 is 20.3. The van der Waals surface area contributed by atoms with Crippen LogP contribution in [0.4, 0.5) is 0 Å². The highest BCUT2D eigenvalue weighted by Crippen LogP contribution is 2.63. The first kappa shape index (κ1) is 55.7. The molecule has 2 aliphatic rings. The van der Waals surface area contributed by atoms with Gasteiger partial charge in [0.15, 0.2) is 0 Å². The Morgan fingerprint density at radius 2 is 1.41 bits per heavy atom. The number of unbranched alkanes of at least 4 members (excludes halogenated alkanes) is 1. The van der Waals surface area contributed by atoms with Gasteiger partial charge in [0.05, 0.1) is 27.3 Å². The molecule has 2 saturated carbocycles. The molecule has 27 heteroatoms. The maximum Gasteiger partial charge on any atom is 0.369 e. The predicted molar refractivity (Wildman–Crippen MR) is 198 cm³/mol. The molecule has 0 aromatic heterocycles. The summed E-state index contributed by atoms with van der Waals surface area (Å²) in [6.45, 7) is 6.56. The lowest BCUT2D eigenvalue weighted by molar-refractivity contribution is -0.435. The van der Waals surface area contributed by atoms with Crippen LogP contribution in [0.2, 0.25) is 0 Å². The van der Waals surface area contributed by atoms with Crippen molar-refractivity contribution in [3.8, 4) is 0 Å². The lowest BCUT2D eigenvalue weighted by atomic mass is 9.74. The number of carbonyl (C=O) groups is 6. The molecule has 0 aliphatic heterocycles. The zero-order chi connectivity index (χ0) is 44.7. The third-order valence-corrected chi connectivity index (χ3v) is 14.5. The van der Waals surface area contributed by atoms with Crippen LogP contribution in [-0.4, -0.2) is 121 Å². The molecule has 0 radical (unpaired) electrons. The number of carboxylic acids is 5. The summed E-state index contributed by atoms with van der Waals surface area (Å²) in [6, 6.07) is 0.0261. The highest BCUT2D eigenvalue weighted by atomic mass is 31.2. The third-order valence-electron chi connectivity index (χ3n) is 9.87. The second-order valence-electron chi connectivity index (χ2n) is 14.0. The van der Waals surface area contributed by atoms with Crippen molar-refractivity contribution in [2.75, 3.05) is 6.61 Å². The average Bonchev–Trinajstić information content (AvgIpc) is 3.68. The molecule has 56 heavy (non-hydrogen) atoms. The fourth-order valence-corrected chi connectivity index (χ4v) is 8.07. The molecule has 24 nitrogen and oxygen atoms in total. The van der Waals surface area contributed by atoms with Gasteiger partial charge in [0.1, 0.15) is 16.4 Å². The Labute approximate surface area is 324 Å². The van der Waals surface area contributed by atoms with E-state index in [9.17, 15) is 53.1 Å². The second kappa shape index (κ2) is 22.7. The molecule has 18 N–H and O–H groups in total. The summed E-state index contributed by atoms with van der Waals surface area (Å²) in [5.41, 5.74) is 16.9. The number of nitrogens with two attached hydrogens (primary N) is 4. The standard InChI is InChI=1S/C9H16NO7P.C9H18NO5P.C9H15NO5.C2H8NO3P/c1-9(10,8(14)15)18(16,6-11)17-5-3-2-4-7(12)13;1-8(9(2,10)16(13,14)15)5-3-4-6(8)7(11)12;1-8(10,7(13)14)9(15)4-2-3-5(9)6(11)12;1-2(3)7-6-5-4/h6,16H,2-5,10H2,1H3,(H-,12,13,14,15);6H,3-5,10H2,1-2H3,(H,11,12)(H2,13,14,15);5,15H,2-4,10H2,1H3,(H,11,12)(H,13,14);2,4,7H,3H2,1H3/p+1. The zero-order valence-electron chi connectivity index (χ0n) is 31.6. The molecule has 10 atom stereocenters. The number of hydrogen-bond donors (Lipinski definition) is 14. The highest BCUT2D eigenvalue weighted by molar-refractivity contribution is 7.81. The minimum Gasteiger partial charge on any atom is -0.481 e. The number of carboxylic acid groups (broad SMARTS) is 5. The van der Waals surface area contributed by atoms with E-state index in [4.69, 9.17) is 58.2 Å². The van der Waals surface area contributed by atoms with Gasteiger partial charge in [-0.3, -0.25) is 34.3 Å². The van der Waals surface area contributed by atoms with Crippen molar-refractivity contribution in [2.45, 2.75) is 120 Å². The first-order valence-corrected chi connectivity index (χ1v) is 21.0. The van der Waals surface area contributed by atoms with Crippen LogP contribution in [0, 0.1) is 17.3 Å². The largest absolute Gasteiger partial charge is 0.481 e. The monoisotopic (exact) mass is 875 g/mol. The minimum absolute atomic E-state index is 0.00579. The Hall–Kier alpha value is -2.37. The van der Waals surface area contributed by atoms with Crippen molar-refractivity contribution >= 4 is 60.0 Å². The summed E-state index contributed by atoms with van der Waals surface area (Å²) in [5, 5.41) is 61.0. The average molecular weight is 876 g/mol. The number of aliphatic hydroxyl groups is 1. The molecule has 0 heterocycles. The number of aliphatic carboxylic acids is 5. The van der Waals surface area contributed by atoms with Gasteiger partial charge in [0.2, 0.25) is 0 Å². The fraction of sp³-hybridized carbons (Fsp3) is 0.793. The van der Waals surface area contributed by atoms with Crippen molar-refractivity contribution in [1.29, 1.82) is 0 Å². The molecule has 0 amide bonds. The van der Waals surface area contributed by atoms with Crippen LogP contribution in [0.5, 0.6) is 0 Å². The Morgan fingerprint density at radius 1 is 0.929 bits per heavy atom. The fourth-order valence-electron chi connectivity index (χ4n) is 5.71. The van der Waals surface area contributed by atoms with Crippen LogP contribution in [0.3, 0.4) is 0 Å².